The molecule has 1 aromatic rings. The third kappa shape index (κ3) is 4.85. The molecule has 0 aliphatic carbocycles. The Morgan fingerprint density at radius 2 is 2.33 bits per heavy atom. The van der Waals surface area contributed by atoms with Crippen molar-refractivity contribution in [3.8, 4) is 0 Å². The number of aliphatic hydroxyl groups is 1. The van der Waals surface area contributed by atoms with E-state index in [1.165, 1.54) is 0 Å². The number of hydrogen-bond donors (Lipinski definition) is 2. The third-order valence-electron chi connectivity index (χ3n) is 2.27. The van der Waals surface area contributed by atoms with E-state index in [2.05, 4.69) is 15.3 Å². The maximum Gasteiger partial charge on any atom is 0.125 e. The molecule has 1 unspecified atom stereocenters. The first-order chi connectivity index (χ1) is 7.22. The minimum Gasteiger partial charge on any atom is -0.393 e. The van der Waals surface area contributed by atoms with Gasteiger partial charge in [0.1, 0.15) is 5.82 Å². The lowest BCUT2D eigenvalue weighted by Gasteiger charge is -2.08. The highest BCUT2D eigenvalue weighted by Gasteiger charge is 2.00. The minimum atomic E-state index is -0.190. The summed E-state index contributed by atoms with van der Waals surface area (Å²) in [6.07, 6.45) is 3.18. The standard InChI is InChI=1S/C11H19N3O/c1-3-11(15)5-6-12-8-10-4-7-13-9(2)14-10/h4,7,11-12,15H,3,5-6,8H2,1-2H3. The molecule has 4 heteroatoms. The maximum absolute atomic E-state index is 9.33. The number of rotatable bonds is 6. The minimum absolute atomic E-state index is 0.190. The molecule has 0 spiro atoms. The molecule has 0 fully saturated rings. The van der Waals surface area contributed by atoms with Gasteiger partial charge >= 0.3 is 0 Å². The van der Waals surface area contributed by atoms with Gasteiger partial charge in [0.2, 0.25) is 0 Å². The van der Waals surface area contributed by atoms with Crippen LogP contribution in [0.5, 0.6) is 0 Å². The Kier molecular flexibility index (Phi) is 5.21. The van der Waals surface area contributed by atoms with E-state index in [0.717, 1.165) is 37.4 Å². The molecular formula is C11H19N3O. The summed E-state index contributed by atoms with van der Waals surface area (Å²) in [7, 11) is 0. The average molecular weight is 209 g/mol. The van der Waals surface area contributed by atoms with Gasteiger partial charge in [0.25, 0.3) is 0 Å². The summed E-state index contributed by atoms with van der Waals surface area (Å²) in [4.78, 5) is 8.30. The molecule has 0 radical (unpaired) electrons. The Hall–Kier alpha value is -1.00. The van der Waals surface area contributed by atoms with Crippen LogP contribution in [-0.2, 0) is 6.54 Å². The number of aromatic nitrogens is 2. The smallest absolute Gasteiger partial charge is 0.125 e. The second-order valence-electron chi connectivity index (χ2n) is 3.62. The van der Waals surface area contributed by atoms with Gasteiger partial charge in [-0.15, -0.1) is 0 Å². The summed E-state index contributed by atoms with van der Waals surface area (Å²) in [5, 5.41) is 12.6. The molecule has 0 aliphatic heterocycles. The van der Waals surface area contributed by atoms with Crippen LogP contribution in [-0.4, -0.2) is 27.7 Å². The van der Waals surface area contributed by atoms with Gasteiger partial charge in [-0.3, -0.25) is 0 Å². The fourth-order valence-corrected chi connectivity index (χ4v) is 1.29. The molecule has 1 aromatic heterocycles. The van der Waals surface area contributed by atoms with E-state index in [9.17, 15) is 5.11 Å². The summed E-state index contributed by atoms with van der Waals surface area (Å²) < 4.78 is 0. The summed E-state index contributed by atoms with van der Waals surface area (Å²) >= 11 is 0. The summed E-state index contributed by atoms with van der Waals surface area (Å²) in [6.45, 7) is 5.42. The Bertz CT molecular complexity index is 291. The highest BCUT2D eigenvalue weighted by Crippen LogP contribution is 1.96. The molecule has 1 heterocycles. The first-order valence-corrected chi connectivity index (χ1v) is 5.39. The van der Waals surface area contributed by atoms with Gasteiger partial charge in [-0.2, -0.15) is 0 Å². The van der Waals surface area contributed by atoms with Crippen molar-refractivity contribution < 1.29 is 5.11 Å². The largest absolute Gasteiger partial charge is 0.393 e. The molecule has 0 saturated carbocycles. The lowest BCUT2D eigenvalue weighted by molar-refractivity contribution is 0.159. The van der Waals surface area contributed by atoms with Crippen LogP contribution in [0.3, 0.4) is 0 Å². The molecule has 84 valence electrons. The van der Waals surface area contributed by atoms with Gasteiger partial charge in [-0.25, -0.2) is 9.97 Å². The van der Waals surface area contributed by atoms with Crippen LogP contribution in [0.1, 0.15) is 31.3 Å². The Labute approximate surface area is 90.8 Å². The molecular weight excluding hydrogens is 190 g/mol. The van der Waals surface area contributed by atoms with Crippen molar-refractivity contribution in [1.29, 1.82) is 0 Å². The highest BCUT2D eigenvalue weighted by atomic mass is 16.3. The summed E-state index contributed by atoms with van der Waals surface area (Å²) in [5.74, 6) is 0.794. The van der Waals surface area contributed by atoms with E-state index >= 15 is 0 Å². The fraction of sp³-hybridized carbons (Fsp3) is 0.636. The summed E-state index contributed by atoms with van der Waals surface area (Å²) in [5.41, 5.74) is 0.994. The van der Waals surface area contributed by atoms with Crippen molar-refractivity contribution in [3.05, 3.63) is 23.8 Å². The van der Waals surface area contributed by atoms with Gasteiger partial charge in [0.05, 0.1) is 11.8 Å². The van der Waals surface area contributed by atoms with Crippen molar-refractivity contribution in [3.63, 3.8) is 0 Å². The normalized spacial score (nSPS) is 12.7. The first kappa shape index (κ1) is 12.1. The predicted octanol–water partition coefficient (Wildman–Crippen LogP) is 1.04. The van der Waals surface area contributed by atoms with E-state index in [1.54, 1.807) is 6.20 Å². The van der Waals surface area contributed by atoms with E-state index in [-0.39, 0.29) is 6.10 Å². The molecule has 0 aliphatic rings. The van der Waals surface area contributed by atoms with Crippen LogP contribution in [0.25, 0.3) is 0 Å². The number of hydrogen-bond acceptors (Lipinski definition) is 4. The quantitative estimate of drug-likeness (QED) is 0.687. The number of aryl methyl sites for hydroxylation is 1. The zero-order chi connectivity index (χ0) is 11.1. The second-order valence-corrected chi connectivity index (χ2v) is 3.62. The van der Waals surface area contributed by atoms with Gasteiger partial charge < -0.3 is 10.4 Å². The van der Waals surface area contributed by atoms with Crippen LogP contribution < -0.4 is 5.32 Å². The fourth-order valence-electron chi connectivity index (χ4n) is 1.29. The van der Waals surface area contributed by atoms with E-state index in [1.807, 2.05) is 19.9 Å². The van der Waals surface area contributed by atoms with Gasteiger partial charge in [-0.1, -0.05) is 6.92 Å². The van der Waals surface area contributed by atoms with Crippen LogP contribution in [0.4, 0.5) is 0 Å². The molecule has 0 amide bonds. The second kappa shape index (κ2) is 6.48. The van der Waals surface area contributed by atoms with Gasteiger partial charge in [-0.05, 0) is 32.4 Å². The molecule has 0 saturated heterocycles. The third-order valence-corrected chi connectivity index (χ3v) is 2.27. The van der Waals surface area contributed by atoms with Gasteiger partial charge in [0.15, 0.2) is 0 Å². The molecule has 0 bridgehead atoms. The van der Waals surface area contributed by atoms with Crippen molar-refractivity contribution in [2.75, 3.05) is 6.54 Å². The molecule has 15 heavy (non-hydrogen) atoms. The first-order valence-electron chi connectivity index (χ1n) is 5.39. The lowest BCUT2D eigenvalue weighted by Crippen LogP contribution is -2.20. The monoisotopic (exact) mass is 209 g/mol. The molecule has 1 rings (SSSR count). The van der Waals surface area contributed by atoms with Crippen LogP contribution in [0, 0.1) is 6.92 Å². The van der Waals surface area contributed by atoms with Crippen LogP contribution >= 0.6 is 0 Å². The molecule has 4 nitrogen and oxygen atoms in total. The summed E-state index contributed by atoms with van der Waals surface area (Å²) in [6, 6.07) is 1.90. The number of nitrogens with zero attached hydrogens (tertiary/aromatic N) is 2. The topological polar surface area (TPSA) is 58.0 Å². The molecule has 2 N–H and O–H groups in total. The Balaban J connectivity index is 2.20. The zero-order valence-electron chi connectivity index (χ0n) is 9.40. The van der Waals surface area contributed by atoms with Crippen molar-refractivity contribution in [2.24, 2.45) is 0 Å². The average Bonchev–Trinajstić information content (AvgIpc) is 2.24. The van der Waals surface area contributed by atoms with Crippen molar-refractivity contribution in [2.45, 2.75) is 39.3 Å². The number of nitrogens with one attached hydrogen (secondary N) is 1. The molecule has 1 atom stereocenters. The zero-order valence-corrected chi connectivity index (χ0v) is 9.40. The maximum atomic E-state index is 9.33. The highest BCUT2D eigenvalue weighted by molar-refractivity contribution is 5.00. The van der Waals surface area contributed by atoms with E-state index in [0.29, 0.717) is 0 Å². The molecule has 0 aromatic carbocycles. The van der Waals surface area contributed by atoms with Crippen molar-refractivity contribution in [1.82, 2.24) is 15.3 Å². The predicted molar refractivity (Wildman–Crippen MR) is 59.4 cm³/mol. The van der Waals surface area contributed by atoms with Crippen LogP contribution in [0.15, 0.2) is 12.3 Å². The Morgan fingerprint density at radius 3 is 3.00 bits per heavy atom. The SMILES string of the molecule is CCC(O)CCNCc1ccnc(C)n1. The van der Waals surface area contributed by atoms with Gasteiger partial charge in [0, 0.05) is 12.7 Å². The van der Waals surface area contributed by atoms with E-state index in [4.69, 9.17) is 0 Å². The van der Waals surface area contributed by atoms with Crippen molar-refractivity contribution >= 4 is 0 Å². The Morgan fingerprint density at radius 1 is 1.53 bits per heavy atom. The lowest BCUT2D eigenvalue weighted by atomic mass is 10.2. The van der Waals surface area contributed by atoms with Crippen LogP contribution in [0.2, 0.25) is 0 Å². The number of aliphatic hydroxyl groups excluding tert-OH is 1. The van der Waals surface area contributed by atoms with E-state index < -0.39 is 0 Å².